The average molecular weight is 344 g/mol. The molecule has 2 unspecified atom stereocenters. The molecule has 5 heteroatoms. The lowest BCUT2D eigenvalue weighted by atomic mass is 10.00. The highest BCUT2D eigenvalue weighted by molar-refractivity contribution is 6.30. The van der Waals surface area contributed by atoms with Gasteiger partial charge in [0.05, 0.1) is 6.04 Å². The summed E-state index contributed by atoms with van der Waals surface area (Å²) in [5.74, 6) is 0.103. The second-order valence-corrected chi connectivity index (χ2v) is 6.73. The molecule has 126 valence electrons. The van der Waals surface area contributed by atoms with Gasteiger partial charge in [-0.1, -0.05) is 23.7 Å². The van der Waals surface area contributed by atoms with Crippen LogP contribution in [0.2, 0.25) is 5.02 Å². The number of likely N-dealkylation sites (N-methyl/N-ethyl adjacent to an activating group) is 1. The van der Waals surface area contributed by atoms with Gasteiger partial charge in [-0.3, -0.25) is 14.7 Å². The van der Waals surface area contributed by atoms with Crippen molar-refractivity contribution < 1.29 is 4.79 Å². The van der Waals surface area contributed by atoms with E-state index < -0.39 is 0 Å². The van der Waals surface area contributed by atoms with Crippen molar-refractivity contribution in [3.63, 3.8) is 0 Å². The highest BCUT2D eigenvalue weighted by atomic mass is 35.5. The van der Waals surface area contributed by atoms with E-state index in [0.29, 0.717) is 6.42 Å². The Bertz CT molecular complexity index is 675. The molecular weight excluding hydrogens is 322 g/mol. The molecule has 1 aromatic heterocycles. The predicted octanol–water partition coefficient (Wildman–Crippen LogP) is 3.23. The first-order valence-electron chi connectivity index (χ1n) is 8.27. The number of carbonyl (C=O) groups is 1. The molecule has 1 saturated heterocycles. The van der Waals surface area contributed by atoms with Gasteiger partial charge in [-0.2, -0.15) is 0 Å². The summed E-state index contributed by atoms with van der Waals surface area (Å²) in [6.45, 7) is 0.975. The summed E-state index contributed by atoms with van der Waals surface area (Å²) < 4.78 is 0. The largest absolute Gasteiger partial charge is 0.351 e. The fourth-order valence-corrected chi connectivity index (χ4v) is 3.46. The summed E-state index contributed by atoms with van der Waals surface area (Å²) in [7, 11) is 2.10. The molecule has 2 aromatic rings. The lowest BCUT2D eigenvalue weighted by Crippen LogP contribution is -2.39. The first kappa shape index (κ1) is 16.9. The molecule has 3 rings (SSSR count). The maximum absolute atomic E-state index is 12.3. The summed E-state index contributed by atoms with van der Waals surface area (Å²) in [6, 6.07) is 12.2. The molecular formula is C19H22ClN3O. The molecule has 2 heterocycles. The lowest BCUT2D eigenvalue weighted by Gasteiger charge is -2.26. The van der Waals surface area contributed by atoms with Crippen molar-refractivity contribution in [3.8, 4) is 0 Å². The molecule has 0 saturated carbocycles. The summed E-state index contributed by atoms with van der Waals surface area (Å²) >= 11 is 5.99. The number of nitrogens with zero attached hydrogens (tertiary/aromatic N) is 2. The minimum atomic E-state index is 0.103. The number of carbonyl (C=O) groups excluding carboxylic acids is 1. The molecule has 1 fully saturated rings. The predicted molar refractivity (Wildman–Crippen MR) is 95.9 cm³/mol. The SMILES string of the molecule is CN1CCC(NC(=O)CCc2ccncc2)C1c1ccc(Cl)cc1. The van der Waals surface area contributed by atoms with Crippen LogP contribution in [0.3, 0.4) is 0 Å². The Kier molecular flexibility index (Phi) is 5.48. The van der Waals surface area contributed by atoms with Crippen LogP contribution in [0.15, 0.2) is 48.8 Å². The summed E-state index contributed by atoms with van der Waals surface area (Å²) in [5.41, 5.74) is 2.33. The highest BCUT2D eigenvalue weighted by Crippen LogP contribution is 2.31. The van der Waals surface area contributed by atoms with Crippen molar-refractivity contribution in [1.82, 2.24) is 15.2 Å². The van der Waals surface area contributed by atoms with Gasteiger partial charge in [0, 0.05) is 36.4 Å². The molecule has 1 aliphatic heterocycles. The number of benzene rings is 1. The summed E-state index contributed by atoms with van der Waals surface area (Å²) in [5, 5.41) is 3.95. The molecule has 0 bridgehead atoms. The monoisotopic (exact) mass is 343 g/mol. The Balaban J connectivity index is 1.60. The number of hydrogen-bond donors (Lipinski definition) is 1. The Morgan fingerprint density at radius 3 is 2.67 bits per heavy atom. The number of rotatable bonds is 5. The molecule has 2 atom stereocenters. The Morgan fingerprint density at radius 1 is 1.25 bits per heavy atom. The van der Waals surface area contributed by atoms with E-state index in [1.54, 1.807) is 12.4 Å². The Hall–Kier alpha value is -1.91. The molecule has 1 amide bonds. The quantitative estimate of drug-likeness (QED) is 0.906. The Morgan fingerprint density at radius 2 is 1.96 bits per heavy atom. The molecule has 1 aliphatic rings. The van der Waals surface area contributed by atoms with Crippen molar-refractivity contribution in [2.75, 3.05) is 13.6 Å². The highest BCUT2D eigenvalue weighted by Gasteiger charge is 2.33. The molecule has 0 aliphatic carbocycles. The van der Waals surface area contributed by atoms with Crippen molar-refractivity contribution in [1.29, 1.82) is 0 Å². The van der Waals surface area contributed by atoms with Crippen LogP contribution in [0.4, 0.5) is 0 Å². The van der Waals surface area contributed by atoms with Crippen molar-refractivity contribution in [3.05, 3.63) is 64.9 Å². The second-order valence-electron chi connectivity index (χ2n) is 6.30. The fraction of sp³-hybridized carbons (Fsp3) is 0.368. The van der Waals surface area contributed by atoms with Crippen LogP contribution in [0, 0.1) is 0 Å². The smallest absolute Gasteiger partial charge is 0.220 e. The summed E-state index contributed by atoms with van der Waals surface area (Å²) in [6.07, 6.45) is 5.72. The van der Waals surface area contributed by atoms with Crippen LogP contribution in [0.1, 0.15) is 30.0 Å². The van der Waals surface area contributed by atoms with E-state index in [2.05, 4.69) is 22.2 Å². The molecule has 1 aromatic carbocycles. The average Bonchev–Trinajstić information content (AvgIpc) is 2.95. The number of aryl methyl sites for hydroxylation is 1. The van der Waals surface area contributed by atoms with E-state index in [0.717, 1.165) is 30.0 Å². The van der Waals surface area contributed by atoms with Crippen LogP contribution < -0.4 is 5.32 Å². The zero-order chi connectivity index (χ0) is 16.9. The standard InChI is InChI=1S/C19H22ClN3O/c1-23-13-10-17(19(23)15-3-5-16(20)6-4-15)22-18(24)7-2-14-8-11-21-12-9-14/h3-6,8-9,11-12,17,19H,2,7,10,13H2,1H3,(H,22,24). The first-order chi connectivity index (χ1) is 11.6. The topological polar surface area (TPSA) is 45.2 Å². The molecule has 1 N–H and O–H groups in total. The van der Waals surface area contributed by atoms with Gasteiger partial charge in [-0.25, -0.2) is 0 Å². The van der Waals surface area contributed by atoms with Gasteiger partial charge in [0.15, 0.2) is 0 Å². The van der Waals surface area contributed by atoms with E-state index in [1.807, 2.05) is 36.4 Å². The van der Waals surface area contributed by atoms with Crippen molar-refractivity contribution in [2.24, 2.45) is 0 Å². The number of likely N-dealkylation sites (tertiary alicyclic amines) is 1. The molecule has 24 heavy (non-hydrogen) atoms. The van der Waals surface area contributed by atoms with Crippen LogP contribution in [0.25, 0.3) is 0 Å². The van der Waals surface area contributed by atoms with Gasteiger partial charge in [0.2, 0.25) is 5.91 Å². The zero-order valence-corrected chi connectivity index (χ0v) is 14.5. The van der Waals surface area contributed by atoms with Crippen LogP contribution in [0.5, 0.6) is 0 Å². The first-order valence-corrected chi connectivity index (χ1v) is 8.65. The van der Waals surface area contributed by atoms with Gasteiger partial charge in [0.1, 0.15) is 0 Å². The number of hydrogen-bond acceptors (Lipinski definition) is 3. The van der Waals surface area contributed by atoms with Gasteiger partial charge >= 0.3 is 0 Å². The molecule has 0 spiro atoms. The van der Waals surface area contributed by atoms with Crippen LogP contribution in [-0.2, 0) is 11.2 Å². The Labute approximate surface area is 147 Å². The number of amides is 1. The minimum Gasteiger partial charge on any atom is -0.351 e. The van der Waals surface area contributed by atoms with Crippen molar-refractivity contribution in [2.45, 2.75) is 31.3 Å². The number of pyridine rings is 1. The van der Waals surface area contributed by atoms with Crippen LogP contribution in [-0.4, -0.2) is 35.4 Å². The minimum absolute atomic E-state index is 0.103. The number of nitrogens with one attached hydrogen (secondary N) is 1. The van der Waals surface area contributed by atoms with E-state index in [-0.39, 0.29) is 18.0 Å². The van der Waals surface area contributed by atoms with Crippen LogP contribution >= 0.6 is 11.6 Å². The third kappa shape index (κ3) is 4.13. The number of halogens is 1. The lowest BCUT2D eigenvalue weighted by molar-refractivity contribution is -0.121. The molecule has 0 radical (unpaired) electrons. The van der Waals surface area contributed by atoms with Gasteiger partial charge in [-0.05, 0) is 55.3 Å². The van der Waals surface area contributed by atoms with E-state index in [9.17, 15) is 4.79 Å². The normalized spacial score (nSPS) is 20.9. The second kappa shape index (κ2) is 7.77. The fourth-order valence-electron chi connectivity index (χ4n) is 3.33. The third-order valence-corrected chi connectivity index (χ3v) is 4.85. The summed E-state index contributed by atoms with van der Waals surface area (Å²) in [4.78, 5) is 18.6. The zero-order valence-electron chi connectivity index (χ0n) is 13.8. The van der Waals surface area contributed by atoms with E-state index >= 15 is 0 Å². The van der Waals surface area contributed by atoms with E-state index in [4.69, 9.17) is 11.6 Å². The van der Waals surface area contributed by atoms with Gasteiger partial charge in [-0.15, -0.1) is 0 Å². The number of aromatic nitrogens is 1. The van der Waals surface area contributed by atoms with Crippen molar-refractivity contribution >= 4 is 17.5 Å². The molecule has 4 nitrogen and oxygen atoms in total. The maximum Gasteiger partial charge on any atom is 0.220 e. The maximum atomic E-state index is 12.3. The van der Waals surface area contributed by atoms with E-state index in [1.165, 1.54) is 5.56 Å². The van der Waals surface area contributed by atoms with Gasteiger partial charge in [0.25, 0.3) is 0 Å². The third-order valence-electron chi connectivity index (χ3n) is 4.60. The van der Waals surface area contributed by atoms with Gasteiger partial charge < -0.3 is 5.32 Å².